The zero-order valence-electron chi connectivity index (χ0n) is 31.4. The number of esters is 1. The van der Waals surface area contributed by atoms with E-state index in [0.717, 1.165) is 5.56 Å². The Labute approximate surface area is 293 Å². The molecule has 2 bridgehead atoms. The predicted octanol–water partition coefficient (Wildman–Crippen LogP) is 4.91. The number of aliphatic hydroxyl groups excluding tert-OH is 1. The first-order valence-electron chi connectivity index (χ1n) is 18.2. The third kappa shape index (κ3) is 8.61. The van der Waals surface area contributed by atoms with Gasteiger partial charge in [0.2, 0.25) is 0 Å². The van der Waals surface area contributed by atoms with Crippen LogP contribution in [0.4, 0.5) is 4.79 Å². The Morgan fingerprint density at radius 2 is 1.67 bits per heavy atom. The number of carbonyl (C=O) groups is 2. The molecule has 11 nitrogen and oxygen atoms in total. The monoisotopic (exact) mass is 690 g/mol. The summed E-state index contributed by atoms with van der Waals surface area (Å²) in [6.07, 6.45) is -3.99. The number of cyclic esters (lactones) is 1. The summed E-state index contributed by atoms with van der Waals surface area (Å²) in [6.45, 7) is 17.6. The zero-order valence-corrected chi connectivity index (χ0v) is 31.4. The van der Waals surface area contributed by atoms with Crippen molar-refractivity contribution in [3.63, 3.8) is 0 Å². The summed E-state index contributed by atoms with van der Waals surface area (Å²) >= 11 is 0. The fourth-order valence-electron chi connectivity index (χ4n) is 8.53. The van der Waals surface area contributed by atoms with E-state index in [-0.39, 0.29) is 42.2 Å². The highest BCUT2D eigenvalue weighted by Crippen LogP contribution is 2.47. The van der Waals surface area contributed by atoms with E-state index in [2.05, 4.69) is 5.32 Å². The molecule has 1 aromatic carbocycles. The Hall–Kier alpha value is -2.28. The van der Waals surface area contributed by atoms with Gasteiger partial charge in [0, 0.05) is 18.5 Å². The highest BCUT2D eigenvalue weighted by molar-refractivity contribution is 5.72. The first-order valence-corrected chi connectivity index (χ1v) is 18.2. The van der Waals surface area contributed by atoms with Crippen LogP contribution in [0.5, 0.6) is 0 Å². The van der Waals surface area contributed by atoms with Crippen molar-refractivity contribution < 1.29 is 43.5 Å². The molecule has 3 N–H and O–H groups in total. The number of likely N-dealkylation sites (N-methyl/N-ethyl adjacent to an activating group) is 1. The van der Waals surface area contributed by atoms with Gasteiger partial charge in [-0.15, -0.1) is 0 Å². The van der Waals surface area contributed by atoms with Crippen LogP contribution in [0.1, 0.15) is 87.1 Å². The summed E-state index contributed by atoms with van der Waals surface area (Å²) in [5.74, 6) is -2.10. The second-order valence-electron chi connectivity index (χ2n) is 15.8. The fourth-order valence-corrected chi connectivity index (χ4v) is 8.53. The molecule has 3 fully saturated rings. The van der Waals surface area contributed by atoms with E-state index in [1.807, 2.05) is 105 Å². The summed E-state index contributed by atoms with van der Waals surface area (Å²) in [4.78, 5) is 29.1. The first kappa shape index (κ1) is 39.5. The number of nitrogens with zero attached hydrogens (tertiary/aromatic N) is 1. The van der Waals surface area contributed by atoms with Crippen molar-refractivity contribution in [1.82, 2.24) is 10.2 Å². The summed E-state index contributed by atoms with van der Waals surface area (Å²) < 4.78 is 32.1. The molecule has 3 aliphatic heterocycles. The second-order valence-corrected chi connectivity index (χ2v) is 15.8. The maximum atomic E-state index is 13.9. The van der Waals surface area contributed by atoms with Gasteiger partial charge in [0.05, 0.1) is 29.8 Å². The highest BCUT2D eigenvalue weighted by atomic mass is 16.7. The van der Waals surface area contributed by atoms with Gasteiger partial charge in [-0.25, -0.2) is 4.79 Å². The van der Waals surface area contributed by atoms with Gasteiger partial charge in [-0.2, -0.15) is 0 Å². The number of nitrogens with one attached hydrogen (secondary N) is 1. The minimum Gasteiger partial charge on any atom is -0.459 e. The van der Waals surface area contributed by atoms with Gasteiger partial charge in [0.1, 0.15) is 23.9 Å². The van der Waals surface area contributed by atoms with Gasteiger partial charge in [0.15, 0.2) is 6.29 Å². The van der Waals surface area contributed by atoms with Gasteiger partial charge in [-0.3, -0.25) is 4.79 Å². The van der Waals surface area contributed by atoms with E-state index in [4.69, 9.17) is 23.7 Å². The van der Waals surface area contributed by atoms with Gasteiger partial charge in [0.25, 0.3) is 0 Å². The lowest BCUT2D eigenvalue weighted by Gasteiger charge is -2.47. The number of rotatable bonds is 7. The van der Waals surface area contributed by atoms with Crippen molar-refractivity contribution in [2.24, 2.45) is 29.6 Å². The Bertz CT molecular complexity index is 1250. The lowest BCUT2D eigenvalue weighted by atomic mass is 9.72. The summed E-state index contributed by atoms with van der Waals surface area (Å²) in [6, 6.07) is 9.39. The van der Waals surface area contributed by atoms with Gasteiger partial charge >= 0.3 is 12.1 Å². The van der Waals surface area contributed by atoms with Crippen molar-refractivity contribution in [3.05, 3.63) is 35.9 Å². The molecule has 1 amide bonds. The minimum absolute atomic E-state index is 0.167. The normalized spacial score (nSPS) is 43.6. The molecule has 3 aliphatic rings. The minimum atomic E-state index is -1.42. The van der Waals surface area contributed by atoms with Crippen LogP contribution < -0.4 is 5.32 Å². The number of amides is 1. The third-order valence-electron chi connectivity index (χ3n) is 11.7. The van der Waals surface area contributed by atoms with Crippen LogP contribution in [-0.4, -0.2) is 101 Å². The molecular formula is C38H62N2O9. The molecule has 1 unspecified atom stereocenters. The quantitative estimate of drug-likeness (QED) is 0.339. The molecular weight excluding hydrogens is 628 g/mol. The molecule has 0 aromatic heterocycles. The van der Waals surface area contributed by atoms with Crippen LogP contribution in [0, 0.1) is 29.6 Å². The fraction of sp³-hybridized carbons (Fsp3) is 0.789. The van der Waals surface area contributed by atoms with E-state index in [0.29, 0.717) is 19.4 Å². The molecule has 1 aromatic rings. The zero-order chi connectivity index (χ0) is 36.4. The van der Waals surface area contributed by atoms with Crippen LogP contribution in [-0.2, 0) is 35.0 Å². The molecule has 0 spiro atoms. The number of alkyl carbamates (subject to hydrolysis) is 1. The number of carbonyl (C=O) groups excluding carboxylic acids is 2. The van der Waals surface area contributed by atoms with Crippen molar-refractivity contribution >= 4 is 12.1 Å². The molecule has 3 saturated heterocycles. The van der Waals surface area contributed by atoms with E-state index in [9.17, 15) is 19.8 Å². The summed E-state index contributed by atoms with van der Waals surface area (Å²) in [5, 5.41) is 26.6. The number of hydrogen-bond donors (Lipinski definition) is 3. The molecule has 4 rings (SSSR count). The molecule has 0 aliphatic carbocycles. The summed E-state index contributed by atoms with van der Waals surface area (Å²) in [7, 11) is 3.84. The molecule has 11 heteroatoms. The smallest absolute Gasteiger partial charge is 0.407 e. The molecule has 49 heavy (non-hydrogen) atoms. The Morgan fingerprint density at radius 3 is 2.29 bits per heavy atom. The van der Waals surface area contributed by atoms with Gasteiger partial charge in [-0.05, 0) is 77.4 Å². The summed E-state index contributed by atoms with van der Waals surface area (Å²) in [5.41, 5.74) is -1.62. The lowest BCUT2D eigenvalue weighted by molar-refractivity contribution is -0.297. The van der Waals surface area contributed by atoms with E-state index >= 15 is 0 Å². The maximum absolute atomic E-state index is 13.9. The highest BCUT2D eigenvalue weighted by Gasteiger charge is 2.60. The van der Waals surface area contributed by atoms with E-state index in [1.165, 1.54) is 0 Å². The van der Waals surface area contributed by atoms with Crippen molar-refractivity contribution in [2.45, 2.75) is 148 Å². The van der Waals surface area contributed by atoms with Crippen LogP contribution in [0.3, 0.4) is 0 Å². The van der Waals surface area contributed by atoms with Gasteiger partial charge in [-0.1, -0.05) is 71.9 Å². The van der Waals surface area contributed by atoms with Crippen LogP contribution in [0.25, 0.3) is 0 Å². The number of fused-ring (bicyclic) bond motifs is 2. The molecule has 3 heterocycles. The van der Waals surface area contributed by atoms with E-state index < -0.39 is 66.0 Å². The average molecular weight is 691 g/mol. The Kier molecular flexibility index (Phi) is 12.9. The molecule has 0 saturated carbocycles. The molecule has 15 atom stereocenters. The molecule has 278 valence electrons. The van der Waals surface area contributed by atoms with Crippen molar-refractivity contribution in [1.29, 1.82) is 0 Å². The van der Waals surface area contributed by atoms with Crippen molar-refractivity contribution in [2.75, 3.05) is 14.1 Å². The number of hydrogen-bond acceptors (Lipinski definition) is 10. The predicted molar refractivity (Wildman–Crippen MR) is 185 cm³/mol. The van der Waals surface area contributed by atoms with Crippen LogP contribution >= 0.6 is 0 Å². The average Bonchev–Trinajstić information content (AvgIpc) is 3.30. The van der Waals surface area contributed by atoms with Crippen LogP contribution in [0.15, 0.2) is 30.3 Å². The van der Waals surface area contributed by atoms with Crippen molar-refractivity contribution in [3.8, 4) is 0 Å². The first-order chi connectivity index (χ1) is 22.9. The topological polar surface area (TPSA) is 136 Å². The largest absolute Gasteiger partial charge is 0.459 e. The Morgan fingerprint density at radius 1 is 1.02 bits per heavy atom. The SMILES string of the molecule is CC[C@H]1OC(=O)[C@H](C)[C@@H](C)[C@H](C)[C@@H](O[C@@H]2O[C@H](C)C[C@H](N(C)C)[C@H]2O)[C@@](C)(O)C[C@@H](C)[C@@H]2OC1(C)[C@@H](OC(=O)NCc1ccccc1)[C@H]2C. The number of ether oxygens (including phenoxy) is 5. The van der Waals surface area contributed by atoms with E-state index in [1.54, 1.807) is 6.92 Å². The number of aliphatic hydroxyl groups is 2. The third-order valence-corrected chi connectivity index (χ3v) is 11.7. The van der Waals surface area contributed by atoms with Gasteiger partial charge < -0.3 is 44.1 Å². The number of benzene rings is 1. The standard InChI is InChI=1S/C38H62N2O9/c1-12-29-38(9)33(48-36(43)39-20-27-16-14-13-15-17-27)26(7)31(49-38)21(2)19-37(8,44)32(24(5)23(4)25(6)34(42)46-29)47-35-30(41)28(40(10)11)18-22(3)45-35/h13-17,21-26,28-33,35,41,44H,12,18-20H2,1-11H3,(H,39,43)/t21-,22-,23+,24+,25-,26+,28+,29-,30-,31+,32-,33+,35+,37+,38?/m1/s1. The maximum Gasteiger partial charge on any atom is 0.407 e. The molecule has 0 radical (unpaired) electrons. The van der Waals surface area contributed by atoms with Crippen LogP contribution in [0.2, 0.25) is 0 Å². The lowest BCUT2D eigenvalue weighted by Crippen LogP contribution is -2.58. The Balaban J connectivity index is 1.67. The second kappa shape index (κ2) is 15.9.